The third-order valence-corrected chi connectivity index (χ3v) is 9.99. The fourth-order valence-electron chi connectivity index (χ4n) is 3.17. The van der Waals surface area contributed by atoms with E-state index in [1.165, 1.54) is 34.6 Å². The third-order valence-electron chi connectivity index (χ3n) is 4.54. The van der Waals surface area contributed by atoms with Gasteiger partial charge in [0.1, 0.15) is 10.3 Å². The minimum Gasteiger partial charge on any atom is -0.301 e. The van der Waals surface area contributed by atoms with Crippen LogP contribution < -0.4 is 10.5 Å². The van der Waals surface area contributed by atoms with Crippen molar-refractivity contribution >= 4 is 75.6 Å². The Morgan fingerprint density at radius 3 is 2.63 bits per heavy atom. The van der Waals surface area contributed by atoms with E-state index in [1.54, 1.807) is 0 Å². The highest BCUT2D eigenvalue weighted by atomic mass is 35.5. The van der Waals surface area contributed by atoms with Crippen LogP contribution >= 0.6 is 34.3 Å². The highest BCUT2D eigenvalue weighted by Gasteiger charge is 2.40. The molecular weight excluding hydrogens is 492 g/mol. The number of benzene rings is 1. The van der Waals surface area contributed by atoms with E-state index in [1.807, 2.05) is 0 Å². The van der Waals surface area contributed by atoms with Crippen LogP contribution in [0.2, 0.25) is 4.34 Å². The van der Waals surface area contributed by atoms with Crippen molar-refractivity contribution in [2.24, 2.45) is 5.14 Å². The summed E-state index contributed by atoms with van der Waals surface area (Å²) in [7, 11) is -7.70. The molecule has 1 amide bonds. The molecule has 1 saturated heterocycles. The molecule has 1 aliphatic heterocycles. The summed E-state index contributed by atoms with van der Waals surface area (Å²) in [6, 6.07) is 6.26. The second-order valence-electron chi connectivity index (χ2n) is 6.52. The number of hydrogen-bond acceptors (Lipinski definition) is 8. The van der Waals surface area contributed by atoms with Gasteiger partial charge in [0.2, 0.25) is 15.9 Å². The number of nitrogens with zero attached hydrogens (tertiary/aromatic N) is 2. The SMILES string of the molecule is NS(=O)(=O)c1ccc2nc(NC(=O)C3CCCN3S(=O)(=O)c3ccc(Cl)s3)sc2c1. The largest absolute Gasteiger partial charge is 0.301 e. The normalized spacial score (nSPS) is 18.1. The van der Waals surface area contributed by atoms with E-state index in [2.05, 4.69) is 10.3 Å². The Bertz CT molecular complexity index is 1350. The van der Waals surface area contributed by atoms with Crippen molar-refractivity contribution in [3.63, 3.8) is 0 Å². The number of aromatic nitrogens is 1. The summed E-state index contributed by atoms with van der Waals surface area (Å²) in [4.78, 5) is 17.0. The van der Waals surface area contributed by atoms with E-state index < -0.39 is 32.0 Å². The fourth-order valence-corrected chi connectivity index (χ4v) is 7.96. The number of fused-ring (bicyclic) bond motifs is 1. The summed E-state index contributed by atoms with van der Waals surface area (Å²) in [6.45, 7) is 0.230. The molecule has 4 rings (SSSR count). The molecule has 3 heterocycles. The number of thiophene rings is 1. The number of nitrogens with two attached hydrogens (primary N) is 1. The van der Waals surface area contributed by atoms with Crippen molar-refractivity contribution < 1.29 is 21.6 Å². The van der Waals surface area contributed by atoms with Crippen LogP contribution in [0.15, 0.2) is 39.4 Å². The molecule has 3 aromatic rings. The second kappa shape index (κ2) is 7.82. The lowest BCUT2D eigenvalue weighted by Gasteiger charge is -2.22. The van der Waals surface area contributed by atoms with Crippen LogP contribution in [-0.2, 0) is 24.8 Å². The third kappa shape index (κ3) is 4.10. The number of nitrogens with one attached hydrogen (secondary N) is 1. The molecule has 14 heteroatoms. The van der Waals surface area contributed by atoms with Gasteiger partial charge in [-0.25, -0.2) is 27.0 Å². The minimum absolute atomic E-state index is 0.0563. The van der Waals surface area contributed by atoms with Gasteiger partial charge in [-0.2, -0.15) is 4.31 Å². The highest BCUT2D eigenvalue weighted by molar-refractivity contribution is 7.91. The van der Waals surface area contributed by atoms with Gasteiger partial charge in [0, 0.05) is 6.54 Å². The van der Waals surface area contributed by atoms with E-state index in [0.717, 1.165) is 22.7 Å². The first-order valence-corrected chi connectivity index (χ1v) is 13.6. The Kier molecular flexibility index (Phi) is 5.63. The lowest BCUT2D eigenvalue weighted by atomic mass is 10.2. The van der Waals surface area contributed by atoms with Crippen molar-refractivity contribution in [1.82, 2.24) is 9.29 Å². The number of amides is 1. The maximum atomic E-state index is 12.9. The molecule has 1 fully saturated rings. The predicted molar refractivity (Wildman–Crippen MR) is 116 cm³/mol. The van der Waals surface area contributed by atoms with Crippen molar-refractivity contribution in [1.29, 1.82) is 0 Å². The molecule has 1 aromatic carbocycles. The Hall–Kier alpha value is -1.61. The fraction of sp³-hybridized carbons (Fsp3) is 0.250. The van der Waals surface area contributed by atoms with Gasteiger partial charge in [-0.3, -0.25) is 4.79 Å². The maximum absolute atomic E-state index is 12.9. The van der Waals surface area contributed by atoms with E-state index in [9.17, 15) is 21.6 Å². The van der Waals surface area contributed by atoms with E-state index >= 15 is 0 Å². The first kappa shape index (κ1) is 21.6. The Morgan fingerprint density at radius 2 is 1.97 bits per heavy atom. The minimum atomic E-state index is -3.86. The van der Waals surface area contributed by atoms with Crippen LogP contribution in [0.25, 0.3) is 10.2 Å². The molecule has 1 unspecified atom stereocenters. The number of primary sulfonamides is 1. The molecule has 3 N–H and O–H groups in total. The average molecular weight is 507 g/mol. The highest BCUT2D eigenvalue weighted by Crippen LogP contribution is 2.33. The van der Waals surface area contributed by atoms with Crippen molar-refractivity contribution in [2.45, 2.75) is 28.0 Å². The molecule has 1 atom stereocenters. The van der Waals surface area contributed by atoms with E-state index in [-0.39, 0.29) is 20.8 Å². The van der Waals surface area contributed by atoms with Crippen LogP contribution in [0, 0.1) is 0 Å². The summed E-state index contributed by atoms with van der Waals surface area (Å²) in [5, 5.41) is 8.03. The number of anilines is 1. The van der Waals surface area contributed by atoms with Crippen LogP contribution in [0.5, 0.6) is 0 Å². The molecule has 2 aromatic heterocycles. The van der Waals surface area contributed by atoms with Crippen LogP contribution in [-0.4, -0.2) is 44.6 Å². The number of thiazole rings is 1. The van der Waals surface area contributed by atoms with Crippen molar-refractivity contribution in [3.8, 4) is 0 Å². The predicted octanol–water partition coefficient (Wildman–Crippen LogP) is 2.45. The smallest absolute Gasteiger partial charge is 0.253 e. The number of hydrogen-bond donors (Lipinski definition) is 2. The van der Waals surface area contributed by atoms with Crippen LogP contribution in [0.1, 0.15) is 12.8 Å². The van der Waals surface area contributed by atoms with Crippen LogP contribution in [0.4, 0.5) is 5.13 Å². The molecule has 0 aliphatic carbocycles. The first-order chi connectivity index (χ1) is 14.1. The number of halogens is 1. The zero-order chi connectivity index (χ0) is 21.7. The first-order valence-electron chi connectivity index (χ1n) is 8.57. The quantitative estimate of drug-likeness (QED) is 0.544. The van der Waals surface area contributed by atoms with Crippen LogP contribution in [0.3, 0.4) is 0 Å². The maximum Gasteiger partial charge on any atom is 0.253 e. The van der Waals surface area contributed by atoms with Gasteiger partial charge in [0.05, 0.1) is 19.4 Å². The van der Waals surface area contributed by atoms with Crippen molar-refractivity contribution in [3.05, 3.63) is 34.7 Å². The monoisotopic (exact) mass is 506 g/mol. The molecule has 30 heavy (non-hydrogen) atoms. The Balaban J connectivity index is 1.57. The van der Waals surface area contributed by atoms with Gasteiger partial charge in [0.25, 0.3) is 10.0 Å². The molecular formula is C16H15ClN4O5S4. The van der Waals surface area contributed by atoms with Gasteiger partial charge in [-0.15, -0.1) is 11.3 Å². The van der Waals surface area contributed by atoms with E-state index in [4.69, 9.17) is 16.7 Å². The lowest BCUT2D eigenvalue weighted by Crippen LogP contribution is -2.42. The molecule has 0 bridgehead atoms. The molecule has 160 valence electrons. The number of rotatable bonds is 5. The number of sulfonamides is 2. The Labute approximate surface area is 185 Å². The van der Waals surface area contributed by atoms with E-state index in [0.29, 0.717) is 27.4 Å². The van der Waals surface area contributed by atoms with Gasteiger partial charge in [0.15, 0.2) is 5.13 Å². The topological polar surface area (TPSA) is 140 Å². The van der Waals surface area contributed by atoms with Crippen molar-refractivity contribution in [2.75, 3.05) is 11.9 Å². The summed E-state index contributed by atoms with van der Waals surface area (Å²) in [5.74, 6) is -0.496. The molecule has 0 radical (unpaired) electrons. The lowest BCUT2D eigenvalue weighted by molar-refractivity contribution is -0.119. The van der Waals surface area contributed by atoms with Gasteiger partial charge in [-0.1, -0.05) is 22.9 Å². The summed E-state index contributed by atoms with van der Waals surface area (Å²) in [5.41, 5.74) is 0.492. The molecule has 1 aliphatic rings. The summed E-state index contributed by atoms with van der Waals surface area (Å²) < 4.78 is 51.0. The number of carbonyl (C=O) groups excluding carboxylic acids is 1. The average Bonchev–Trinajstić information content (AvgIpc) is 3.38. The number of carbonyl (C=O) groups is 1. The molecule has 0 saturated carbocycles. The second-order valence-corrected chi connectivity index (χ2v) is 12.9. The van der Waals surface area contributed by atoms with Gasteiger partial charge in [-0.05, 0) is 43.2 Å². The van der Waals surface area contributed by atoms with Gasteiger partial charge < -0.3 is 5.32 Å². The van der Waals surface area contributed by atoms with Gasteiger partial charge >= 0.3 is 0 Å². The summed E-state index contributed by atoms with van der Waals surface area (Å²) in [6.07, 6.45) is 0.929. The molecule has 0 spiro atoms. The standard InChI is InChI=1S/C16H15ClN4O5S4/c17-13-5-6-14(28-13)30(25,26)21-7-1-2-11(21)15(22)20-16-19-10-4-3-9(29(18,23)24)8-12(10)27-16/h3-6,8,11H,1-2,7H2,(H2,18,23,24)(H,19,20,22). The summed E-state index contributed by atoms with van der Waals surface area (Å²) >= 11 is 7.88. The Morgan fingerprint density at radius 1 is 1.20 bits per heavy atom. The molecule has 9 nitrogen and oxygen atoms in total. The zero-order valence-corrected chi connectivity index (χ0v) is 19.1. The zero-order valence-electron chi connectivity index (χ0n) is 15.1.